The predicted molar refractivity (Wildman–Crippen MR) is 164 cm³/mol. The summed E-state index contributed by atoms with van der Waals surface area (Å²) in [5, 5.41) is 3.88. The number of rotatable bonds is 6. The van der Waals surface area contributed by atoms with E-state index >= 15 is 0 Å². The van der Waals surface area contributed by atoms with Crippen molar-refractivity contribution < 1.29 is 4.79 Å². The van der Waals surface area contributed by atoms with Gasteiger partial charge in [-0.2, -0.15) is 0 Å². The van der Waals surface area contributed by atoms with E-state index < -0.39 is 0 Å². The van der Waals surface area contributed by atoms with E-state index in [2.05, 4.69) is 44.6 Å². The maximum absolute atomic E-state index is 12.0. The minimum atomic E-state index is 0.0219. The standard InChI is InChI=1S/C33H32N8O/c1-2-30(42)40-17-13-23(14-18-40)37-28-10-7-21-19-24(8-9-25(21)28)41-32(26-6-4-16-36-31(26)34)39-29-12-11-27(38-33(29)41)22-5-3-15-35-20-22/h2-6,8-9,11-12,15-16,19-20,23,28,37H,1,7,10,13-14,17-18H2,(H2,34,36). The van der Waals surface area contributed by atoms with Gasteiger partial charge >= 0.3 is 0 Å². The third kappa shape index (κ3) is 4.71. The summed E-state index contributed by atoms with van der Waals surface area (Å²) >= 11 is 0. The Hall–Kier alpha value is -4.89. The number of nitrogens with one attached hydrogen (secondary N) is 1. The summed E-state index contributed by atoms with van der Waals surface area (Å²) in [5.74, 6) is 1.15. The van der Waals surface area contributed by atoms with Crippen molar-refractivity contribution >= 4 is 22.9 Å². The number of nitrogens with two attached hydrogens (primary N) is 1. The SMILES string of the molecule is C=CC(=O)N1CCC(NC2CCc3cc(-n4c(-c5cccnc5N)nc5ccc(-c6cccnc6)nc54)ccc32)CC1. The van der Waals surface area contributed by atoms with Gasteiger partial charge in [-0.3, -0.25) is 14.3 Å². The number of aryl methyl sites for hydroxylation is 1. The van der Waals surface area contributed by atoms with Crippen LogP contribution in [0.3, 0.4) is 0 Å². The Morgan fingerprint density at radius 3 is 2.67 bits per heavy atom. The van der Waals surface area contributed by atoms with Crippen molar-refractivity contribution in [3.63, 3.8) is 0 Å². The fourth-order valence-electron chi connectivity index (χ4n) is 6.26. The van der Waals surface area contributed by atoms with E-state index in [0.717, 1.165) is 72.4 Å². The van der Waals surface area contributed by atoms with Crippen LogP contribution in [0.4, 0.5) is 5.82 Å². The molecule has 9 heteroatoms. The molecule has 0 saturated carbocycles. The summed E-state index contributed by atoms with van der Waals surface area (Å²) in [6, 6.07) is 19.1. The molecule has 3 N–H and O–H groups in total. The quantitative estimate of drug-likeness (QED) is 0.287. The zero-order valence-corrected chi connectivity index (χ0v) is 23.3. The molecule has 9 nitrogen and oxygen atoms in total. The third-order valence-corrected chi connectivity index (χ3v) is 8.42. The van der Waals surface area contributed by atoms with Crippen LogP contribution in [0.5, 0.6) is 0 Å². The molecule has 1 amide bonds. The van der Waals surface area contributed by atoms with Gasteiger partial charge in [-0.25, -0.2) is 15.0 Å². The molecule has 7 rings (SSSR count). The lowest BCUT2D eigenvalue weighted by atomic mass is 10.0. The molecule has 0 radical (unpaired) electrons. The van der Waals surface area contributed by atoms with Crippen molar-refractivity contribution in [2.45, 2.75) is 37.8 Å². The molecule has 1 aliphatic heterocycles. The van der Waals surface area contributed by atoms with Gasteiger partial charge in [0.25, 0.3) is 0 Å². The van der Waals surface area contributed by atoms with Crippen molar-refractivity contribution in [1.82, 2.24) is 34.7 Å². The van der Waals surface area contributed by atoms with E-state index in [1.165, 1.54) is 17.2 Å². The molecule has 210 valence electrons. The van der Waals surface area contributed by atoms with E-state index in [-0.39, 0.29) is 5.91 Å². The molecule has 2 aliphatic rings. The Labute approximate surface area is 244 Å². The first kappa shape index (κ1) is 26.0. The van der Waals surface area contributed by atoms with Gasteiger partial charge in [0.2, 0.25) is 5.91 Å². The van der Waals surface area contributed by atoms with Crippen LogP contribution >= 0.6 is 0 Å². The van der Waals surface area contributed by atoms with Crippen LogP contribution in [0.2, 0.25) is 0 Å². The Balaban J connectivity index is 1.24. The number of anilines is 1. The minimum Gasteiger partial charge on any atom is -0.383 e. The smallest absolute Gasteiger partial charge is 0.245 e. The molecule has 0 spiro atoms. The average molecular weight is 557 g/mol. The van der Waals surface area contributed by atoms with Gasteiger partial charge in [-0.15, -0.1) is 0 Å². The highest BCUT2D eigenvalue weighted by Crippen LogP contribution is 2.37. The van der Waals surface area contributed by atoms with Crippen LogP contribution in [0.1, 0.15) is 36.4 Å². The minimum absolute atomic E-state index is 0.0219. The normalized spacial score (nSPS) is 17.0. The molecule has 4 aromatic heterocycles. The second-order valence-corrected chi connectivity index (χ2v) is 10.9. The van der Waals surface area contributed by atoms with Crippen LogP contribution in [-0.2, 0) is 11.2 Å². The average Bonchev–Trinajstić information content (AvgIpc) is 3.62. The number of benzene rings is 1. The fourth-order valence-corrected chi connectivity index (χ4v) is 6.26. The van der Waals surface area contributed by atoms with Crippen LogP contribution in [0.25, 0.3) is 39.5 Å². The number of imidazole rings is 1. The zero-order chi connectivity index (χ0) is 28.6. The van der Waals surface area contributed by atoms with E-state index in [4.69, 9.17) is 15.7 Å². The van der Waals surface area contributed by atoms with Crippen molar-refractivity contribution in [2.75, 3.05) is 18.8 Å². The van der Waals surface area contributed by atoms with Crippen LogP contribution in [0.15, 0.2) is 85.8 Å². The number of piperidine rings is 1. The lowest BCUT2D eigenvalue weighted by molar-refractivity contribution is -0.127. The van der Waals surface area contributed by atoms with Gasteiger partial charge in [0.15, 0.2) is 11.5 Å². The number of amides is 1. The van der Waals surface area contributed by atoms with Crippen molar-refractivity contribution in [2.24, 2.45) is 0 Å². The Morgan fingerprint density at radius 1 is 1.02 bits per heavy atom. The number of likely N-dealkylation sites (tertiary alicyclic amines) is 1. The molecule has 5 aromatic rings. The second kappa shape index (κ2) is 10.8. The Morgan fingerprint density at radius 2 is 1.88 bits per heavy atom. The molecule has 1 atom stereocenters. The molecular formula is C33H32N8O. The summed E-state index contributed by atoms with van der Waals surface area (Å²) in [4.78, 5) is 32.5. The molecule has 1 aromatic carbocycles. The number of pyridine rings is 3. The number of hydrogen-bond acceptors (Lipinski definition) is 7. The van der Waals surface area contributed by atoms with Crippen molar-refractivity contribution in [1.29, 1.82) is 0 Å². The summed E-state index contributed by atoms with van der Waals surface area (Å²) in [7, 11) is 0. The molecule has 1 fully saturated rings. The summed E-state index contributed by atoms with van der Waals surface area (Å²) in [5.41, 5.74) is 14.1. The van der Waals surface area contributed by atoms with Gasteiger partial charge in [0.05, 0.1) is 11.3 Å². The van der Waals surface area contributed by atoms with Gasteiger partial charge in [0, 0.05) is 55.0 Å². The molecule has 5 heterocycles. The number of carbonyl (C=O) groups excluding carboxylic acids is 1. The number of fused-ring (bicyclic) bond motifs is 2. The lowest BCUT2D eigenvalue weighted by Gasteiger charge is -2.33. The second-order valence-electron chi connectivity index (χ2n) is 10.9. The number of nitrogens with zero attached hydrogens (tertiary/aromatic N) is 6. The van der Waals surface area contributed by atoms with E-state index in [9.17, 15) is 4.79 Å². The van der Waals surface area contributed by atoms with Gasteiger partial charge in [0.1, 0.15) is 11.3 Å². The molecule has 1 aliphatic carbocycles. The lowest BCUT2D eigenvalue weighted by Crippen LogP contribution is -2.45. The van der Waals surface area contributed by atoms with Gasteiger partial charge < -0.3 is 16.0 Å². The summed E-state index contributed by atoms with van der Waals surface area (Å²) in [6.07, 6.45) is 10.6. The molecule has 1 unspecified atom stereocenters. The van der Waals surface area contributed by atoms with Gasteiger partial charge in [-0.05, 0) is 91.4 Å². The fraction of sp³-hybridized carbons (Fsp3) is 0.242. The number of nitrogen functional groups attached to an aromatic ring is 1. The van der Waals surface area contributed by atoms with Crippen molar-refractivity contribution in [3.05, 3.63) is 97.0 Å². The van der Waals surface area contributed by atoms with Crippen LogP contribution < -0.4 is 11.1 Å². The number of hydrogen-bond donors (Lipinski definition) is 2. The molecule has 1 saturated heterocycles. The highest BCUT2D eigenvalue weighted by molar-refractivity contribution is 5.87. The highest BCUT2D eigenvalue weighted by atomic mass is 16.2. The van der Waals surface area contributed by atoms with E-state index in [1.807, 2.05) is 47.5 Å². The first-order chi connectivity index (χ1) is 20.6. The maximum Gasteiger partial charge on any atom is 0.245 e. The number of carbonyl (C=O) groups is 1. The topological polar surface area (TPSA) is 115 Å². The summed E-state index contributed by atoms with van der Waals surface area (Å²) < 4.78 is 2.09. The monoisotopic (exact) mass is 556 g/mol. The van der Waals surface area contributed by atoms with E-state index in [0.29, 0.717) is 23.7 Å². The van der Waals surface area contributed by atoms with Gasteiger partial charge in [-0.1, -0.05) is 12.6 Å². The Bertz CT molecular complexity index is 1790. The molecular weight excluding hydrogens is 524 g/mol. The van der Waals surface area contributed by atoms with Crippen molar-refractivity contribution in [3.8, 4) is 28.3 Å². The first-order valence-electron chi connectivity index (χ1n) is 14.4. The van der Waals surface area contributed by atoms with E-state index in [1.54, 1.807) is 12.4 Å². The highest BCUT2D eigenvalue weighted by Gasteiger charge is 2.29. The molecule has 42 heavy (non-hydrogen) atoms. The maximum atomic E-state index is 12.0. The predicted octanol–water partition coefficient (Wildman–Crippen LogP) is 4.88. The third-order valence-electron chi connectivity index (χ3n) is 8.42. The first-order valence-corrected chi connectivity index (χ1v) is 14.4. The number of aromatic nitrogens is 5. The molecule has 0 bridgehead atoms. The summed E-state index contributed by atoms with van der Waals surface area (Å²) in [6.45, 7) is 5.16. The largest absolute Gasteiger partial charge is 0.383 e. The Kier molecular flexibility index (Phi) is 6.71. The zero-order valence-electron chi connectivity index (χ0n) is 23.3. The van der Waals surface area contributed by atoms with Crippen LogP contribution in [0, 0.1) is 0 Å². The van der Waals surface area contributed by atoms with Crippen LogP contribution in [-0.4, -0.2) is 54.4 Å².